The van der Waals surface area contributed by atoms with Crippen LogP contribution in [-0.4, -0.2) is 4.57 Å². The number of rotatable bonds is 5. The zero-order valence-electron chi connectivity index (χ0n) is 21.9. The highest BCUT2D eigenvalue weighted by Gasteiger charge is 2.32. The van der Waals surface area contributed by atoms with Gasteiger partial charge >= 0.3 is 0 Å². The number of thiazole rings is 1. The van der Waals surface area contributed by atoms with Crippen LogP contribution in [0.4, 0.5) is 0 Å². The Morgan fingerprint density at radius 1 is 0.976 bits per heavy atom. The number of allylic oxidation sites excluding steroid dienone is 1. The minimum absolute atomic E-state index is 0.0414. The predicted octanol–water partition coefficient (Wildman–Crippen LogP) is 7.31. The van der Waals surface area contributed by atoms with Crippen molar-refractivity contribution < 1.29 is 4.74 Å². The standard InChI is InChI=1S/C34H24BrClN2O2S/c35-25-13-8-21(9-14-25)20-40-27-6-3-4-22(18-27)19-30-33(39)38-32(24-10-15-26(36)16-11-24)29-17-12-23-5-1-2-7-28(23)31(29)37-34(38)41-30/h1-11,13-16,18-19,32H,12,17,20H2/b30-19-/t32-/m0/s1. The second-order valence-electron chi connectivity index (χ2n) is 10.2. The third kappa shape index (κ3) is 5.12. The Morgan fingerprint density at radius 3 is 2.61 bits per heavy atom. The number of halogens is 2. The van der Waals surface area contributed by atoms with Gasteiger partial charge in [0.25, 0.3) is 5.56 Å². The quantitative estimate of drug-likeness (QED) is 0.202. The molecule has 0 saturated carbocycles. The molecule has 5 aromatic rings. The molecule has 0 spiro atoms. The molecule has 1 aliphatic carbocycles. The number of ether oxygens (including phenoxy) is 1. The molecule has 7 heteroatoms. The van der Waals surface area contributed by atoms with Crippen molar-refractivity contribution in [1.29, 1.82) is 0 Å². The molecule has 2 aliphatic rings. The third-order valence-electron chi connectivity index (χ3n) is 7.53. The van der Waals surface area contributed by atoms with Crippen LogP contribution in [0.25, 0.3) is 11.8 Å². The van der Waals surface area contributed by atoms with E-state index in [4.69, 9.17) is 21.3 Å². The Kier molecular flexibility index (Phi) is 6.99. The second kappa shape index (κ2) is 10.9. The molecule has 0 amide bonds. The van der Waals surface area contributed by atoms with Crippen LogP contribution in [0, 0.1) is 0 Å². The number of hydrogen-bond acceptors (Lipinski definition) is 4. The van der Waals surface area contributed by atoms with Crippen LogP contribution < -0.4 is 19.6 Å². The van der Waals surface area contributed by atoms with E-state index in [1.165, 1.54) is 22.5 Å². The minimum atomic E-state index is -0.227. The molecule has 7 rings (SSSR count). The maximum atomic E-state index is 14.0. The van der Waals surface area contributed by atoms with Crippen LogP contribution in [0.5, 0.6) is 5.75 Å². The number of aromatic nitrogens is 1. The van der Waals surface area contributed by atoms with Crippen molar-refractivity contribution in [3.05, 3.63) is 160 Å². The highest BCUT2D eigenvalue weighted by molar-refractivity contribution is 9.10. The molecule has 0 fully saturated rings. The molecule has 4 aromatic carbocycles. The summed E-state index contributed by atoms with van der Waals surface area (Å²) in [5.41, 5.74) is 7.59. The molecular formula is C34H24BrClN2O2S. The van der Waals surface area contributed by atoms with Gasteiger partial charge in [0, 0.05) is 15.1 Å². The maximum absolute atomic E-state index is 14.0. The monoisotopic (exact) mass is 638 g/mol. The van der Waals surface area contributed by atoms with Crippen molar-refractivity contribution in [3.63, 3.8) is 0 Å². The van der Waals surface area contributed by atoms with Crippen LogP contribution in [0.15, 0.2) is 117 Å². The summed E-state index contributed by atoms with van der Waals surface area (Å²) in [6.45, 7) is 0.465. The molecule has 0 N–H and O–H groups in total. The highest BCUT2D eigenvalue weighted by Crippen LogP contribution is 2.41. The Bertz CT molecular complexity index is 1990. The molecule has 0 radical (unpaired) electrons. The van der Waals surface area contributed by atoms with Gasteiger partial charge in [0.2, 0.25) is 0 Å². The van der Waals surface area contributed by atoms with Gasteiger partial charge in [-0.3, -0.25) is 9.36 Å². The van der Waals surface area contributed by atoms with Gasteiger partial charge in [0.1, 0.15) is 12.4 Å². The molecule has 0 saturated heterocycles. The topological polar surface area (TPSA) is 43.6 Å². The number of benzene rings is 4. The first-order valence-electron chi connectivity index (χ1n) is 13.4. The molecule has 202 valence electrons. The van der Waals surface area contributed by atoms with Crippen LogP contribution in [0.2, 0.25) is 5.02 Å². The molecule has 41 heavy (non-hydrogen) atoms. The molecule has 0 bridgehead atoms. The zero-order chi connectivity index (χ0) is 27.9. The summed E-state index contributed by atoms with van der Waals surface area (Å²) in [5.74, 6) is 0.751. The Balaban J connectivity index is 1.30. The van der Waals surface area contributed by atoms with E-state index in [0.29, 0.717) is 21.0 Å². The van der Waals surface area contributed by atoms with Gasteiger partial charge in [0.05, 0.1) is 16.3 Å². The van der Waals surface area contributed by atoms with Crippen LogP contribution in [0.3, 0.4) is 0 Å². The molecule has 1 aromatic heterocycles. The first-order valence-corrected chi connectivity index (χ1v) is 15.4. The van der Waals surface area contributed by atoms with Crippen molar-refractivity contribution in [2.24, 2.45) is 4.99 Å². The number of aryl methyl sites for hydroxylation is 1. The average molecular weight is 640 g/mol. The SMILES string of the molecule is O=c1/c(=C/c2cccc(OCc3ccc(Br)cc3)c2)sc2n1[C@@H](c1ccc(Cl)cc1)C1=C(N=2)c2ccccc2CC1. The normalized spacial score (nSPS) is 16.0. The fourth-order valence-corrected chi connectivity index (χ4v) is 6.95. The van der Waals surface area contributed by atoms with E-state index >= 15 is 0 Å². The predicted molar refractivity (Wildman–Crippen MR) is 169 cm³/mol. The first kappa shape index (κ1) is 26.2. The Morgan fingerprint density at radius 2 is 1.78 bits per heavy atom. The van der Waals surface area contributed by atoms with Crippen molar-refractivity contribution >= 4 is 50.6 Å². The smallest absolute Gasteiger partial charge is 0.271 e. The number of hydrogen-bond donors (Lipinski definition) is 0. The van der Waals surface area contributed by atoms with Crippen molar-refractivity contribution in [2.45, 2.75) is 25.5 Å². The second-order valence-corrected chi connectivity index (χ2v) is 12.5. The zero-order valence-corrected chi connectivity index (χ0v) is 25.0. The van der Waals surface area contributed by atoms with Crippen LogP contribution in [0.1, 0.15) is 40.3 Å². The summed E-state index contributed by atoms with van der Waals surface area (Å²) in [7, 11) is 0. The molecule has 4 nitrogen and oxygen atoms in total. The Hall–Kier alpha value is -3.71. The van der Waals surface area contributed by atoms with Crippen LogP contribution in [-0.2, 0) is 13.0 Å². The molecule has 1 aliphatic heterocycles. The van der Waals surface area contributed by atoms with E-state index in [9.17, 15) is 4.79 Å². The molecule has 1 atom stereocenters. The molecule has 0 unspecified atom stereocenters. The first-order chi connectivity index (χ1) is 20.0. The van der Waals surface area contributed by atoms with Crippen molar-refractivity contribution in [1.82, 2.24) is 4.57 Å². The fraction of sp³-hybridized carbons (Fsp3) is 0.118. The lowest BCUT2D eigenvalue weighted by molar-refractivity contribution is 0.306. The van der Waals surface area contributed by atoms with Gasteiger partial charge in [-0.1, -0.05) is 99.5 Å². The fourth-order valence-electron chi connectivity index (χ4n) is 5.56. The summed E-state index contributed by atoms with van der Waals surface area (Å²) >= 11 is 11.1. The third-order valence-corrected chi connectivity index (χ3v) is 9.30. The summed E-state index contributed by atoms with van der Waals surface area (Å²) in [5, 5.41) is 0.673. The van der Waals surface area contributed by atoms with Gasteiger partial charge in [0.15, 0.2) is 4.80 Å². The van der Waals surface area contributed by atoms with Crippen LogP contribution >= 0.6 is 38.9 Å². The Labute approximate surface area is 254 Å². The van der Waals surface area contributed by atoms with Gasteiger partial charge in [-0.2, -0.15) is 0 Å². The molecular weight excluding hydrogens is 616 g/mol. The van der Waals surface area contributed by atoms with E-state index in [1.54, 1.807) is 0 Å². The lowest BCUT2D eigenvalue weighted by Gasteiger charge is -2.30. The van der Waals surface area contributed by atoms with E-state index in [-0.39, 0.29) is 11.6 Å². The summed E-state index contributed by atoms with van der Waals surface area (Å²) in [4.78, 5) is 19.8. The maximum Gasteiger partial charge on any atom is 0.271 e. The van der Waals surface area contributed by atoms with Crippen molar-refractivity contribution in [3.8, 4) is 5.75 Å². The summed E-state index contributed by atoms with van der Waals surface area (Å²) in [6, 6.07) is 32.0. The lowest BCUT2D eigenvalue weighted by atomic mass is 9.83. The van der Waals surface area contributed by atoms with E-state index < -0.39 is 0 Å². The number of fused-ring (bicyclic) bond motifs is 3. The lowest BCUT2D eigenvalue weighted by Crippen LogP contribution is -2.38. The van der Waals surface area contributed by atoms with Gasteiger partial charge in [-0.25, -0.2) is 4.99 Å². The van der Waals surface area contributed by atoms with Crippen molar-refractivity contribution in [2.75, 3.05) is 0 Å². The minimum Gasteiger partial charge on any atom is -0.489 e. The van der Waals surface area contributed by atoms with E-state index in [1.807, 2.05) is 83.4 Å². The van der Waals surface area contributed by atoms with Gasteiger partial charge < -0.3 is 4.74 Å². The summed E-state index contributed by atoms with van der Waals surface area (Å²) < 4.78 is 9.59. The number of nitrogens with zero attached hydrogens (tertiary/aromatic N) is 2. The summed E-state index contributed by atoms with van der Waals surface area (Å²) in [6.07, 6.45) is 3.71. The van der Waals surface area contributed by atoms with E-state index in [2.05, 4.69) is 40.2 Å². The van der Waals surface area contributed by atoms with Gasteiger partial charge in [-0.15, -0.1) is 0 Å². The molecule has 2 heterocycles. The largest absolute Gasteiger partial charge is 0.489 e. The van der Waals surface area contributed by atoms with E-state index in [0.717, 1.165) is 51.0 Å². The average Bonchev–Trinajstić information content (AvgIpc) is 3.30. The highest BCUT2D eigenvalue weighted by atomic mass is 79.9. The van der Waals surface area contributed by atoms with Gasteiger partial charge in [-0.05, 0) is 83.1 Å².